The van der Waals surface area contributed by atoms with Crippen LogP contribution in [0.25, 0.3) is 11.1 Å². The molecule has 0 saturated heterocycles. The number of H-pyrrole nitrogens is 1. The number of rotatable bonds is 9. The number of aromatic carboxylic acids is 1. The Balaban J connectivity index is 1.74. The first-order valence-electron chi connectivity index (χ1n) is 9.94. The molecule has 0 radical (unpaired) electrons. The lowest BCUT2D eigenvalue weighted by Crippen LogP contribution is -2.38. The van der Waals surface area contributed by atoms with Crippen LogP contribution in [0.4, 0.5) is 0 Å². The molecule has 0 saturated carbocycles. The van der Waals surface area contributed by atoms with Gasteiger partial charge in [0.1, 0.15) is 11.4 Å². The third-order valence-corrected chi connectivity index (χ3v) is 5.10. The van der Waals surface area contributed by atoms with E-state index in [9.17, 15) is 19.5 Å². The summed E-state index contributed by atoms with van der Waals surface area (Å²) >= 11 is 0. The third-order valence-electron chi connectivity index (χ3n) is 5.10. The van der Waals surface area contributed by atoms with E-state index in [1.54, 1.807) is 6.92 Å². The highest BCUT2D eigenvalue weighted by Crippen LogP contribution is 2.21. The summed E-state index contributed by atoms with van der Waals surface area (Å²) in [5.41, 5.74) is 3.15. The van der Waals surface area contributed by atoms with Gasteiger partial charge in [-0.2, -0.15) is 0 Å². The molecule has 1 amide bonds. The van der Waals surface area contributed by atoms with Crippen LogP contribution in [0.1, 0.15) is 39.9 Å². The van der Waals surface area contributed by atoms with Crippen molar-refractivity contribution in [3.63, 3.8) is 0 Å². The lowest BCUT2D eigenvalue weighted by atomic mass is 9.95. The van der Waals surface area contributed by atoms with Gasteiger partial charge in [0.25, 0.3) is 5.91 Å². The number of carboxylic acids is 2. The zero-order valence-electron chi connectivity index (χ0n) is 17.0. The second-order valence-electron chi connectivity index (χ2n) is 7.50. The van der Waals surface area contributed by atoms with Crippen LogP contribution in [0, 0.1) is 5.92 Å². The molecular formula is C24H24N2O5. The van der Waals surface area contributed by atoms with E-state index in [0.29, 0.717) is 6.42 Å². The van der Waals surface area contributed by atoms with Gasteiger partial charge in [0.15, 0.2) is 0 Å². The quantitative estimate of drug-likeness (QED) is 0.419. The Morgan fingerprint density at radius 1 is 0.871 bits per heavy atom. The summed E-state index contributed by atoms with van der Waals surface area (Å²) in [5, 5.41) is 21.1. The maximum absolute atomic E-state index is 12.6. The minimum atomic E-state index is -1.16. The highest BCUT2D eigenvalue weighted by Gasteiger charge is 2.22. The van der Waals surface area contributed by atoms with Gasteiger partial charge in [-0.25, -0.2) is 4.79 Å². The van der Waals surface area contributed by atoms with E-state index in [4.69, 9.17) is 5.11 Å². The Morgan fingerprint density at radius 3 is 2.06 bits per heavy atom. The molecule has 0 spiro atoms. The monoisotopic (exact) mass is 420 g/mol. The van der Waals surface area contributed by atoms with Gasteiger partial charge in [-0.05, 0) is 41.7 Å². The molecule has 7 heteroatoms. The summed E-state index contributed by atoms with van der Waals surface area (Å²) in [7, 11) is 0. The van der Waals surface area contributed by atoms with Gasteiger partial charge >= 0.3 is 11.9 Å². The number of aromatic amines is 1. The smallest absolute Gasteiger partial charge is 0.352 e. The molecule has 2 aromatic carbocycles. The van der Waals surface area contributed by atoms with Crippen LogP contribution < -0.4 is 5.32 Å². The summed E-state index contributed by atoms with van der Waals surface area (Å²) in [5.74, 6) is -3.22. The van der Waals surface area contributed by atoms with E-state index in [0.717, 1.165) is 16.7 Å². The normalized spacial score (nSPS) is 12.7. The Morgan fingerprint density at radius 2 is 1.48 bits per heavy atom. The lowest BCUT2D eigenvalue weighted by molar-refractivity contribution is -0.141. The van der Waals surface area contributed by atoms with Crippen LogP contribution in [-0.4, -0.2) is 39.1 Å². The Bertz CT molecular complexity index is 1060. The summed E-state index contributed by atoms with van der Waals surface area (Å²) in [6.07, 6.45) is 0.693. The molecule has 2 atom stereocenters. The molecule has 0 aliphatic rings. The fraction of sp³-hybridized carbons (Fsp3) is 0.208. The molecule has 1 aromatic heterocycles. The first-order valence-corrected chi connectivity index (χ1v) is 9.94. The maximum atomic E-state index is 12.6. The van der Waals surface area contributed by atoms with Crippen LogP contribution in [0.2, 0.25) is 0 Å². The van der Waals surface area contributed by atoms with Crippen molar-refractivity contribution in [1.82, 2.24) is 10.3 Å². The molecule has 31 heavy (non-hydrogen) atoms. The number of hydrogen-bond acceptors (Lipinski definition) is 3. The van der Waals surface area contributed by atoms with E-state index in [-0.39, 0.29) is 17.8 Å². The van der Waals surface area contributed by atoms with E-state index < -0.39 is 29.8 Å². The fourth-order valence-electron chi connectivity index (χ4n) is 3.38. The number of aliphatic carboxylic acids is 1. The molecule has 3 rings (SSSR count). The average molecular weight is 420 g/mol. The Labute approximate surface area is 179 Å². The number of carboxylic acid groups (broad SMARTS) is 2. The SMILES string of the molecule is C[C@H](C[C@@H](Cc1ccc(-c2ccccc2)cc1)NC(=O)c1ccc(C(=O)O)[nH]1)C(=O)O. The predicted octanol–water partition coefficient (Wildman–Crippen LogP) is 3.83. The standard InChI is InChI=1S/C24H24N2O5/c1-15(23(28)29)13-19(25-22(27)20-11-12-21(26-20)24(30)31)14-16-7-9-18(10-8-16)17-5-3-2-4-6-17/h2-12,15,19,26H,13-14H2,1H3,(H,25,27)(H,28,29)(H,30,31)/t15-,19+/m1/s1. The molecule has 3 aromatic rings. The van der Waals surface area contributed by atoms with E-state index in [2.05, 4.69) is 10.3 Å². The van der Waals surface area contributed by atoms with Crippen LogP contribution in [0.5, 0.6) is 0 Å². The van der Waals surface area contributed by atoms with Gasteiger partial charge in [0.05, 0.1) is 5.92 Å². The maximum Gasteiger partial charge on any atom is 0.352 e. The summed E-state index contributed by atoms with van der Waals surface area (Å²) in [6, 6.07) is 20.1. The van der Waals surface area contributed by atoms with Crippen molar-refractivity contribution < 1.29 is 24.6 Å². The van der Waals surface area contributed by atoms with Crippen LogP contribution in [0.3, 0.4) is 0 Å². The van der Waals surface area contributed by atoms with Crippen molar-refractivity contribution in [2.45, 2.75) is 25.8 Å². The number of amides is 1. The molecule has 0 aliphatic heterocycles. The van der Waals surface area contributed by atoms with Crippen LogP contribution in [-0.2, 0) is 11.2 Å². The highest BCUT2D eigenvalue weighted by molar-refractivity contribution is 5.95. The first kappa shape index (κ1) is 21.8. The zero-order chi connectivity index (χ0) is 22.4. The van der Waals surface area contributed by atoms with Crippen LogP contribution >= 0.6 is 0 Å². The van der Waals surface area contributed by atoms with Gasteiger partial charge in [-0.3, -0.25) is 9.59 Å². The number of benzene rings is 2. The minimum absolute atomic E-state index is 0.0860. The number of carbonyl (C=O) groups excluding carboxylic acids is 1. The van der Waals surface area contributed by atoms with E-state index >= 15 is 0 Å². The summed E-state index contributed by atoms with van der Waals surface area (Å²) in [4.78, 5) is 37.5. The number of hydrogen-bond donors (Lipinski definition) is 4. The van der Waals surface area contributed by atoms with Gasteiger partial charge < -0.3 is 20.5 Å². The molecule has 1 heterocycles. The van der Waals surface area contributed by atoms with Gasteiger partial charge in [-0.1, -0.05) is 61.5 Å². The van der Waals surface area contributed by atoms with Gasteiger partial charge in [-0.15, -0.1) is 0 Å². The molecule has 7 nitrogen and oxygen atoms in total. The summed E-state index contributed by atoms with van der Waals surface area (Å²) in [6.45, 7) is 1.59. The van der Waals surface area contributed by atoms with Gasteiger partial charge in [0.2, 0.25) is 0 Å². The van der Waals surface area contributed by atoms with Crippen molar-refractivity contribution in [2.75, 3.05) is 0 Å². The van der Waals surface area contributed by atoms with E-state index in [1.807, 2.05) is 54.6 Å². The van der Waals surface area contributed by atoms with Crippen molar-refractivity contribution in [3.05, 3.63) is 83.7 Å². The summed E-state index contributed by atoms with van der Waals surface area (Å²) < 4.78 is 0. The second-order valence-corrected chi connectivity index (χ2v) is 7.50. The van der Waals surface area contributed by atoms with Gasteiger partial charge in [0, 0.05) is 6.04 Å². The molecular weight excluding hydrogens is 396 g/mol. The Hall–Kier alpha value is -3.87. The van der Waals surface area contributed by atoms with Crippen LogP contribution in [0.15, 0.2) is 66.7 Å². The van der Waals surface area contributed by atoms with E-state index in [1.165, 1.54) is 12.1 Å². The number of carbonyl (C=O) groups is 3. The minimum Gasteiger partial charge on any atom is -0.481 e. The zero-order valence-corrected chi connectivity index (χ0v) is 17.0. The molecule has 0 bridgehead atoms. The topological polar surface area (TPSA) is 119 Å². The second kappa shape index (κ2) is 9.75. The Kier molecular flexibility index (Phi) is 6.87. The number of nitrogens with one attached hydrogen (secondary N) is 2. The third kappa shape index (κ3) is 5.82. The van der Waals surface area contributed by atoms with Crippen molar-refractivity contribution >= 4 is 17.8 Å². The molecule has 160 valence electrons. The number of aromatic nitrogens is 1. The molecule has 0 aliphatic carbocycles. The average Bonchev–Trinajstić information content (AvgIpc) is 3.25. The predicted molar refractivity (Wildman–Crippen MR) is 116 cm³/mol. The molecule has 0 fully saturated rings. The molecule has 0 unspecified atom stereocenters. The first-order chi connectivity index (χ1) is 14.8. The lowest BCUT2D eigenvalue weighted by Gasteiger charge is -2.21. The fourth-order valence-corrected chi connectivity index (χ4v) is 3.38. The molecule has 4 N–H and O–H groups in total. The largest absolute Gasteiger partial charge is 0.481 e. The van der Waals surface area contributed by atoms with Crippen molar-refractivity contribution in [2.24, 2.45) is 5.92 Å². The van der Waals surface area contributed by atoms with Crippen molar-refractivity contribution in [1.29, 1.82) is 0 Å². The highest BCUT2D eigenvalue weighted by atomic mass is 16.4. The van der Waals surface area contributed by atoms with Crippen molar-refractivity contribution in [3.8, 4) is 11.1 Å².